The average molecular weight is 562 g/mol. The van der Waals surface area contributed by atoms with Gasteiger partial charge in [0.25, 0.3) is 0 Å². The number of hydrogen-bond acceptors (Lipinski definition) is 6. The zero-order valence-electron chi connectivity index (χ0n) is 17.6. The van der Waals surface area contributed by atoms with E-state index in [1.807, 2.05) is 6.07 Å². The second-order valence-corrected chi connectivity index (χ2v) is 7.88. The van der Waals surface area contributed by atoms with Crippen LogP contribution in [-0.4, -0.2) is 46.6 Å². The number of phenols is 4. The third-order valence-electron chi connectivity index (χ3n) is 5.62. The van der Waals surface area contributed by atoms with E-state index in [1.165, 1.54) is 18.9 Å². The summed E-state index contributed by atoms with van der Waals surface area (Å²) in [6, 6.07) is 8.33. The molecule has 1 unspecified atom stereocenters. The lowest BCUT2D eigenvalue weighted by atomic mass is 9.77. The molecule has 3 rings (SSSR count). The molecule has 0 radical (unpaired) electrons. The SMILES string of the molecule is Br.Br.Oc1ccc(CCNCCCCCCNCC2Cc3cc(O)c(O)cc32)cc1O. The highest BCUT2D eigenvalue weighted by molar-refractivity contribution is 8.93. The quantitative estimate of drug-likeness (QED) is 0.171. The van der Waals surface area contributed by atoms with Crippen LogP contribution in [-0.2, 0) is 12.8 Å². The number of halogens is 2. The molecule has 6 nitrogen and oxygen atoms in total. The molecule has 8 heteroatoms. The molecule has 1 aliphatic rings. The van der Waals surface area contributed by atoms with E-state index in [2.05, 4.69) is 10.6 Å². The smallest absolute Gasteiger partial charge is 0.157 e. The Balaban J connectivity index is 0.00000240. The van der Waals surface area contributed by atoms with Crippen LogP contribution < -0.4 is 10.6 Å². The van der Waals surface area contributed by atoms with Gasteiger partial charge in [0.15, 0.2) is 23.0 Å². The maximum atomic E-state index is 9.61. The van der Waals surface area contributed by atoms with E-state index in [9.17, 15) is 20.4 Å². The van der Waals surface area contributed by atoms with Crippen molar-refractivity contribution in [1.29, 1.82) is 0 Å². The molecule has 0 aromatic heterocycles. The number of aromatic hydroxyl groups is 4. The fraction of sp³-hybridized carbons (Fsp3) is 0.478. The van der Waals surface area contributed by atoms with Gasteiger partial charge in [-0.3, -0.25) is 0 Å². The molecular weight excluding hydrogens is 528 g/mol. The van der Waals surface area contributed by atoms with Crippen LogP contribution in [0.1, 0.15) is 48.3 Å². The molecule has 0 spiro atoms. The summed E-state index contributed by atoms with van der Waals surface area (Å²) in [6.45, 7) is 3.79. The van der Waals surface area contributed by atoms with Gasteiger partial charge in [-0.2, -0.15) is 0 Å². The first-order chi connectivity index (χ1) is 14.0. The highest BCUT2D eigenvalue weighted by Gasteiger charge is 2.27. The van der Waals surface area contributed by atoms with E-state index in [0.29, 0.717) is 5.92 Å². The molecule has 0 fully saturated rings. The van der Waals surface area contributed by atoms with Gasteiger partial charge in [-0.15, -0.1) is 34.0 Å². The van der Waals surface area contributed by atoms with E-state index in [-0.39, 0.29) is 57.0 Å². The van der Waals surface area contributed by atoms with E-state index < -0.39 is 0 Å². The Labute approximate surface area is 205 Å². The van der Waals surface area contributed by atoms with Gasteiger partial charge in [-0.1, -0.05) is 18.9 Å². The lowest BCUT2D eigenvalue weighted by Crippen LogP contribution is -2.29. The van der Waals surface area contributed by atoms with Crippen molar-refractivity contribution < 1.29 is 20.4 Å². The summed E-state index contributed by atoms with van der Waals surface area (Å²) in [5, 5.41) is 44.8. The zero-order chi connectivity index (χ0) is 20.6. The number of nitrogens with one attached hydrogen (secondary N) is 2. The van der Waals surface area contributed by atoms with Gasteiger partial charge in [-0.05, 0) is 86.3 Å². The summed E-state index contributed by atoms with van der Waals surface area (Å²) < 4.78 is 0. The maximum Gasteiger partial charge on any atom is 0.157 e. The van der Waals surface area contributed by atoms with Crippen LogP contribution >= 0.6 is 34.0 Å². The normalized spacial score (nSPS) is 14.1. The molecule has 174 valence electrons. The minimum Gasteiger partial charge on any atom is -0.504 e. The fourth-order valence-corrected chi connectivity index (χ4v) is 3.83. The summed E-state index contributed by atoms with van der Waals surface area (Å²) in [5.41, 5.74) is 3.31. The first-order valence-corrected chi connectivity index (χ1v) is 10.5. The van der Waals surface area contributed by atoms with Crippen LogP contribution in [0.2, 0.25) is 0 Å². The molecular formula is C23H34Br2N2O4. The average Bonchev–Trinajstić information content (AvgIpc) is 2.69. The Morgan fingerprint density at radius 1 is 0.710 bits per heavy atom. The Hall–Kier alpha value is -1.48. The lowest BCUT2D eigenvalue weighted by molar-refractivity contribution is 0.398. The van der Waals surface area contributed by atoms with E-state index in [1.54, 1.807) is 18.2 Å². The molecule has 2 aromatic carbocycles. The van der Waals surface area contributed by atoms with Gasteiger partial charge in [0, 0.05) is 12.5 Å². The number of hydrogen-bond donors (Lipinski definition) is 6. The first kappa shape index (κ1) is 27.6. The van der Waals surface area contributed by atoms with Crippen molar-refractivity contribution in [2.45, 2.75) is 44.4 Å². The zero-order valence-corrected chi connectivity index (χ0v) is 21.1. The van der Waals surface area contributed by atoms with E-state index in [0.717, 1.165) is 68.6 Å². The second-order valence-electron chi connectivity index (χ2n) is 7.88. The molecule has 1 aliphatic carbocycles. The summed E-state index contributed by atoms with van der Waals surface area (Å²) in [5.74, 6) is 0.257. The number of fused-ring (bicyclic) bond motifs is 1. The van der Waals surface area contributed by atoms with Crippen LogP contribution in [0.25, 0.3) is 0 Å². The van der Waals surface area contributed by atoms with Gasteiger partial charge in [0.05, 0.1) is 0 Å². The Morgan fingerprint density at radius 2 is 1.35 bits per heavy atom. The van der Waals surface area contributed by atoms with Crippen LogP contribution in [0.5, 0.6) is 23.0 Å². The van der Waals surface area contributed by atoms with Crippen molar-refractivity contribution >= 4 is 34.0 Å². The predicted octanol–water partition coefficient (Wildman–Crippen LogP) is 4.29. The van der Waals surface area contributed by atoms with Crippen molar-refractivity contribution in [3.8, 4) is 23.0 Å². The monoisotopic (exact) mass is 560 g/mol. The Kier molecular flexibility index (Phi) is 12.3. The van der Waals surface area contributed by atoms with Crippen molar-refractivity contribution in [3.63, 3.8) is 0 Å². The molecule has 0 saturated heterocycles. The summed E-state index contributed by atoms with van der Waals surface area (Å²) >= 11 is 0. The van der Waals surface area contributed by atoms with E-state index >= 15 is 0 Å². The largest absolute Gasteiger partial charge is 0.504 e. The third kappa shape index (κ3) is 8.18. The van der Waals surface area contributed by atoms with Gasteiger partial charge in [0.1, 0.15) is 0 Å². The number of benzene rings is 2. The van der Waals surface area contributed by atoms with Crippen molar-refractivity contribution in [1.82, 2.24) is 10.6 Å². The minimum absolute atomic E-state index is 0. The highest BCUT2D eigenvalue weighted by atomic mass is 79.9. The molecule has 0 aliphatic heterocycles. The van der Waals surface area contributed by atoms with Gasteiger partial charge in [-0.25, -0.2) is 0 Å². The Morgan fingerprint density at radius 3 is 2.06 bits per heavy atom. The molecule has 1 atom stereocenters. The van der Waals surface area contributed by atoms with Crippen molar-refractivity contribution in [2.75, 3.05) is 26.2 Å². The maximum absolute atomic E-state index is 9.61. The standard InChI is InChI=1S/C23H32N2O4.2BrH/c26-20-6-5-16(11-21(20)27)7-10-24-8-3-1-2-4-9-25-15-18-12-17-13-22(28)23(29)14-19(17)18;;/h5-6,11,13-14,18,24-29H,1-4,7-10,12,15H2;2*1H. The van der Waals surface area contributed by atoms with Crippen LogP contribution in [0, 0.1) is 0 Å². The second kappa shape index (κ2) is 13.8. The molecule has 0 heterocycles. The van der Waals surface area contributed by atoms with Crippen LogP contribution in [0.15, 0.2) is 30.3 Å². The molecule has 0 amide bonds. The fourth-order valence-electron chi connectivity index (χ4n) is 3.83. The Bertz CT molecular complexity index is 820. The lowest BCUT2D eigenvalue weighted by Gasteiger charge is -2.30. The molecule has 2 aromatic rings. The van der Waals surface area contributed by atoms with Crippen LogP contribution in [0.4, 0.5) is 0 Å². The summed E-state index contributed by atoms with van der Waals surface area (Å²) in [6.07, 6.45) is 6.52. The summed E-state index contributed by atoms with van der Waals surface area (Å²) in [4.78, 5) is 0. The minimum atomic E-state index is -0.0757. The number of rotatable bonds is 12. The van der Waals surface area contributed by atoms with Crippen molar-refractivity contribution in [3.05, 3.63) is 47.0 Å². The number of phenolic OH excluding ortho intramolecular Hbond substituents is 4. The van der Waals surface area contributed by atoms with E-state index in [4.69, 9.17) is 0 Å². The van der Waals surface area contributed by atoms with Gasteiger partial charge in [0.2, 0.25) is 0 Å². The van der Waals surface area contributed by atoms with Crippen molar-refractivity contribution in [2.24, 2.45) is 0 Å². The first-order valence-electron chi connectivity index (χ1n) is 10.5. The van der Waals surface area contributed by atoms with Crippen LogP contribution in [0.3, 0.4) is 0 Å². The topological polar surface area (TPSA) is 105 Å². The third-order valence-corrected chi connectivity index (χ3v) is 5.62. The number of unbranched alkanes of at least 4 members (excludes halogenated alkanes) is 3. The molecule has 0 bridgehead atoms. The summed E-state index contributed by atoms with van der Waals surface area (Å²) in [7, 11) is 0. The predicted molar refractivity (Wildman–Crippen MR) is 135 cm³/mol. The molecule has 6 N–H and O–H groups in total. The molecule has 31 heavy (non-hydrogen) atoms. The van der Waals surface area contributed by atoms with Gasteiger partial charge < -0.3 is 31.1 Å². The molecule has 0 saturated carbocycles. The highest BCUT2D eigenvalue weighted by Crippen LogP contribution is 2.41. The van der Waals surface area contributed by atoms with Gasteiger partial charge >= 0.3 is 0 Å².